The molecule has 19 heavy (non-hydrogen) atoms. The monoisotopic (exact) mass is 294 g/mol. The average molecular weight is 294 g/mol. The zero-order chi connectivity index (χ0) is 14.6. The lowest BCUT2D eigenvalue weighted by Gasteiger charge is -2.36. The minimum Gasteiger partial charge on any atom is -0.370 e. The molecule has 112 valence electrons. The molecular weight excluding hydrogens is 272 g/mol. The van der Waals surface area contributed by atoms with Crippen molar-refractivity contribution >= 4 is 16.1 Å². The predicted molar refractivity (Wildman–Crippen MR) is 70.6 cm³/mol. The van der Waals surface area contributed by atoms with Crippen LogP contribution < -0.4 is 5.73 Å². The third kappa shape index (κ3) is 3.63. The van der Waals surface area contributed by atoms with Crippen LogP contribution in [0.3, 0.4) is 0 Å². The summed E-state index contributed by atoms with van der Waals surface area (Å²) in [6.07, 6.45) is -0.656. The van der Waals surface area contributed by atoms with Gasteiger partial charge in [0.1, 0.15) is 6.10 Å². The first-order valence-electron chi connectivity index (χ1n) is 6.03. The van der Waals surface area contributed by atoms with E-state index in [1.807, 2.05) is 0 Å². The summed E-state index contributed by atoms with van der Waals surface area (Å²) in [5, 5.41) is 0. The third-order valence-electron chi connectivity index (χ3n) is 3.11. The average Bonchev–Trinajstić information content (AvgIpc) is 2.40. The van der Waals surface area contributed by atoms with Gasteiger partial charge in [-0.15, -0.1) is 0 Å². The first kappa shape index (κ1) is 16.3. The number of amides is 1. The van der Waals surface area contributed by atoms with Crippen molar-refractivity contribution in [3.05, 3.63) is 0 Å². The van der Waals surface area contributed by atoms with Gasteiger partial charge in [0.25, 0.3) is 16.1 Å². The molecule has 1 aliphatic heterocycles. The molecule has 0 aliphatic carbocycles. The molecule has 1 aliphatic rings. The quantitative estimate of drug-likeness (QED) is 0.627. The zero-order valence-corrected chi connectivity index (χ0v) is 12.4. The van der Waals surface area contributed by atoms with E-state index in [0.717, 1.165) is 0 Å². The first-order valence-corrected chi connectivity index (χ1v) is 7.43. The van der Waals surface area contributed by atoms with Gasteiger partial charge in [-0.25, -0.2) is 0 Å². The van der Waals surface area contributed by atoms with Gasteiger partial charge >= 0.3 is 0 Å². The highest BCUT2D eigenvalue weighted by Gasteiger charge is 2.32. The van der Waals surface area contributed by atoms with Crippen LogP contribution in [-0.4, -0.2) is 87.9 Å². The minimum atomic E-state index is -3.41. The van der Waals surface area contributed by atoms with Gasteiger partial charge < -0.3 is 15.4 Å². The Morgan fingerprint density at radius 2 is 1.84 bits per heavy atom. The second-order valence-corrected chi connectivity index (χ2v) is 6.62. The van der Waals surface area contributed by atoms with Crippen molar-refractivity contribution in [2.45, 2.75) is 6.10 Å². The van der Waals surface area contributed by atoms with Gasteiger partial charge in [0.2, 0.25) is 0 Å². The smallest absolute Gasteiger partial charge is 0.281 e. The molecule has 0 aromatic rings. The fraction of sp³-hybridized carbons (Fsp3) is 0.900. The summed E-state index contributed by atoms with van der Waals surface area (Å²) in [4.78, 5) is 13.6. The molecule has 2 N–H and O–H groups in total. The van der Waals surface area contributed by atoms with Crippen molar-refractivity contribution in [1.29, 1.82) is 0 Å². The lowest BCUT2D eigenvalue weighted by atomic mass is 10.2. The molecule has 0 spiro atoms. The molecule has 1 saturated heterocycles. The standard InChI is InChI=1S/C10H22N4O4S/c1-12(2)19(16,17)14-6-4-13(5-7-14)10(15)9(8-11)18-3/h9H,4-8,11H2,1-3H3. The van der Waals surface area contributed by atoms with Gasteiger partial charge in [0, 0.05) is 53.9 Å². The zero-order valence-electron chi connectivity index (χ0n) is 11.6. The number of carbonyl (C=O) groups is 1. The molecule has 0 saturated carbocycles. The highest BCUT2D eigenvalue weighted by atomic mass is 32.2. The van der Waals surface area contributed by atoms with Gasteiger partial charge in [-0.3, -0.25) is 4.79 Å². The summed E-state index contributed by atoms with van der Waals surface area (Å²) in [5.74, 6) is -0.188. The molecule has 1 atom stereocenters. The molecule has 1 unspecified atom stereocenters. The highest BCUT2D eigenvalue weighted by Crippen LogP contribution is 2.11. The topological polar surface area (TPSA) is 96.2 Å². The maximum absolute atomic E-state index is 12.0. The number of carbonyl (C=O) groups excluding carboxylic acids is 1. The number of piperazine rings is 1. The number of methoxy groups -OCH3 is 1. The van der Waals surface area contributed by atoms with Crippen molar-refractivity contribution in [1.82, 2.24) is 13.5 Å². The van der Waals surface area contributed by atoms with E-state index in [-0.39, 0.29) is 25.5 Å². The Kier molecular flexibility index (Phi) is 5.68. The molecule has 8 nitrogen and oxygen atoms in total. The fourth-order valence-corrected chi connectivity index (χ4v) is 2.96. The Morgan fingerprint density at radius 1 is 1.32 bits per heavy atom. The summed E-state index contributed by atoms with van der Waals surface area (Å²) < 4.78 is 31.3. The number of nitrogens with zero attached hydrogens (tertiary/aromatic N) is 3. The normalized spacial score (nSPS) is 19.7. The highest BCUT2D eigenvalue weighted by molar-refractivity contribution is 7.86. The summed E-state index contributed by atoms with van der Waals surface area (Å²) >= 11 is 0. The van der Waals surface area contributed by atoms with Crippen LogP contribution in [0.4, 0.5) is 0 Å². The van der Waals surface area contributed by atoms with Gasteiger partial charge in [0.05, 0.1) is 0 Å². The Labute approximate surface area is 114 Å². The lowest BCUT2D eigenvalue weighted by Crippen LogP contribution is -2.55. The molecule has 0 bridgehead atoms. The van der Waals surface area contributed by atoms with E-state index in [1.54, 1.807) is 4.90 Å². The van der Waals surface area contributed by atoms with Crippen molar-refractivity contribution in [2.24, 2.45) is 5.73 Å². The molecule has 1 heterocycles. The second kappa shape index (κ2) is 6.62. The van der Waals surface area contributed by atoms with Gasteiger partial charge in [-0.2, -0.15) is 17.0 Å². The molecule has 1 amide bonds. The summed E-state index contributed by atoms with van der Waals surface area (Å²) in [6.45, 7) is 1.39. The lowest BCUT2D eigenvalue weighted by molar-refractivity contribution is -0.142. The Bertz CT molecular complexity index is 400. The number of rotatable bonds is 5. The summed E-state index contributed by atoms with van der Waals surface area (Å²) in [7, 11) is 1.00. The van der Waals surface area contributed by atoms with E-state index < -0.39 is 16.3 Å². The van der Waals surface area contributed by atoms with Gasteiger partial charge in [-0.05, 0) is 0 Å². The van der Waals surface area contributed by atoms with Crippen LogP contribution in [0.1, 0.15) is 0 Å². The maximum atomic E-state index is 12.0. The minimum absolute atomic E-state index is 0.117. The van der Waals surface area contributed by atoms with Gasteiger partial charge in [0.15, 0.2) is 0 Å². The van der Waals surface area contributed by atoms with E-state index >= 15 is 0 Å². The molecule has 0 aromatic carbocycles. The second-order valence-electron chi connectivity index (χ2n) is 4.47. The molecule has 1 rings (SSSR count). The van der Waals surface area contributed by atoms with Crippen molar-refractivity contribution in [2.75, 3.05) is 53.9 Å². The molecule has 9 heteroatoms. The van der Waals surface area contributed by atoms with Crippen LogP contribution >= 0.6 is 0 Å². The molecule has 1 fully saturated rings. The van der Waals surface area contributed by atoms with Crippen LogP contribution in [0.2, 0.25) is 0 Å². The summed E-state index contributed by atoms with van der Waals surface area (Å²) in [6, 6.07) is 0. The van der Waals surface area contributed by atoms with Crippen molar-refractivity contribution in [3.8, 4) is 0 Å². The van der Waals surface area contributed by atoms with Crippen LogP contribution in [0.25, 0.3) is 0 Å². The SMILES string of the molecule is COC(CN)C(=O)N1CCN(S(=O)(=O)N(C)C)CC1. The number of hydrogen-bond donors (Lipinski definition) is 1. The van der Waals surface area contributed by atoms with Crippen LogP contribution in [0.5, 0.6) is 0 Å². The van der Waals surface area contributed by atoms with E-state index in [4.69, 9.17) is 10.5 Å². The van der Waals surface area contributed by atoms with Crippen molar-refractivity contribution < 1.29 is 17.9 Å². The third-order valence-corrected chi connectivity index (χ3v) is 5.05. The number of hydrogen-bond acceptors (Lipinski definition) is 5. The van der Waals surface area contributed by atoms with E-state index in [1.165, 1.54) is 29.8 Å². The molecule has 0 radical (unpaired) electrons. The molecule has 0 aromatic heterocycles. The van der Waals surface area contributed by atoms with E-state index in [9.17, 15) is 13.2 Å². The largest absolute Gasteiger partial charge is 0.370 e. The Balaban J connectivity index is 2.61. The van der Waals surface area contributed by atoms with Crippen LogP contribution in [0.15, 0.2) is 0 Å². The predicted octanol–water partition coefficient (Wildman–Crippen LogP) is -2.09. The Morgan fingerprint density at radius 3 is 2.21 bits per heavy atom. The summed E-state index contributed by atoms with van der Waals surface area (Å²) in [5.41, 5.74) is 5.44. The van der Waals surface area contributed by atoms with Crippen LogP contribution in [-0.2, 0) is 19.7 Å². The first-order chi connectivity index (χ1) is 8.84. The van der Waals surface area contributed by atoms with Gasteiger partial charge in [-0.1, -0.05) is 0 Å². The fourth-order valence-electron chi connectivity index (χ4n) is 1.87. The van der Waals surface area contributed by atoms with E-state index in [2.05, 4.69) is 0 Å². The number of nitrogens with two attached hydrogens (primary N) is 1. The van der Waals surface area contributed by atoms with E-state index in [0.29, 0.717) is 13.1 Å². The molecular formula is C10H22N4O4S. The van der Waals surface area contributed by atoms with Crippen molar-refractivity contribution in [3.63, 3.8) is 0 Å². The Hall–Kier alpha value is -0.740. The maximum Gasteiger partial charge on any atom is 0.281 e. The van der Waals surface area contributed by atoms with Crippen LogP contribution in [0, 0.1) is 0 Å². The number of ether oxygens (including phenoxy) is 1.